The van der Waals surface area contributed by atoms with E-state index >= 15 is 0 Å². The average molecular weight is 237 g/mol. The van der Waals surface area contributed by atoms with E-state index in [1.165, 1.54) is 5.56 Å². The lowest BCUT2D eigenvalue weighted by Crippen LogP contribution is -2.15. The third-order valence-corrected chi connectivity index (χ3v) is 2.89. The number of nitrogens with one attached hydrogen (secondary N) is 1. The normalized spacial score (nSPS) is 10.8. The topological polar surface area (TPSA) is 52.5 Å². The van der Waals surface area contributed by atoms with Gasteiger partial charge in [0.2, 0.25) is 0 Å². The van der Waals surface area contributed by atoms with Gasteiger partial charge in [-0.3, -0.25) is 0 Å². The lowest BCUT2D eigenvalue weighted by Gasteiger charge is -2.09. The summed E-state index contributed by atoms with van der Waals surface area (Å²) in [5.74, 6) is 0.400. The molecule has 0 amide bonds. The first-order valence-electron chi connectivity index (χ1n) is 6.26. The van der Waals surface area contributed by atoms with Crippen molar-refractivity contribution < 1.29 is 10.2 Å². The number of hydrogen-bond donors (Lipinski definition) is 3. The number of phenols is 1. The number of aryl methyl sites for hydroxylation is 2. The summed E-state index contributed by atoms with van der Waals surface area (Å²) in [5.41, 5.74) is 3.07. The molecular formula is C14H23NO2. The summed E-state index contributed by atoms with van der Waals surface area (Å²) in [6.07, 6.45) is 3.05. The van der Waals surface area contributed by atoms with E-state index in [1.807, 2.05) is 26.0 Å². The molecule has 0 radical (unpaired) electrons. The molecule has 17 heavy (non-hydrogen) atoms. The van der Waals surface area contributed by atoms with E-state index in [0.717, 1.165) is 43.5 Å². The molecule has 1 aromatic rings. The molecule has 0 unspecified atom stereocenters. The minimum atomic E-state index is 0.288. The number of hydrogen-bond acceptors (Lipinski definition) is 3. The smallest absolute Gasteiger partial charge is 0.121 e. The maximum Gasteiger partial charge on any atom is 0.121 e. The van der Waals surface area contributed by atoms with Crippen LogP contribution >= 0.6 is 0 Å². The van der Waals surface area contributed by atoms with Gasteiger partial charge in [0.15, 0.2) is 0 Å². The van der Waals surface area contributed by atoms with Gasteiger partial charge in [0.1, 0.15) is 5.75 Å². The van der Waals surface area contributed by atoms with E-state index in [9.17, 15) is 5.11 Å². The SMILES string of the molecule is Cc1cc(CNCCCCCO)cc(C)c1O. The van der Waals surface area contributed by atoms with E-state index in [2.05, 4.69) is 5.32 Å². The van der Waals surface area contributed by atoms with E-state index in [1.54, 1.807) is 0 Å². The molecule has 0 bridgehead atoms. The summed E-state index contributed by atoms with van der Waals surface area (Å²) in [7, 11) is 0. The van der Waals surface area contributed by atoms with Crippen molar-refractivity contribution in [1.82, 2.24) is 5.32 Å². The zero-order chi connectivity index (χ0) is 12.7. The van der Waals surface area contributed by atoms with Crippen LogP contribution in [-0.2, 0) is 6.54 Å². The Bertz CT molecular complexity index is 327. The summed E-state index contributed by atoms with van der Waals surface area (Å²) in [4.78, 5) is 0. The second-order valence-corrected chi connectivity index (χ2v) is 4.54. The molecule has 0 aliphatic rings. The van der Waals surface area contributed by atoms with Crippen molar-refractivity contribution in [2.24, 2.45) is 0 Å². The fourth-order valence-electron chi connectivity index (χ4n) is 1.92. The van der Waals surface area contributed by atoms with Gasteiger partial charge < -0.3 is 15.5 Å². The highest BCUT2D eigenvalue weighted by Crippen LogP contribution is 2.22. The zero-order valence-corrected chi connectivity index (χ0v) is 10.8. The Morgan fingerprint density at radius 3 is 2.29 bits per heavy atom. The first-order chi connectivity index (χ1) is 8.15. The molecule has 0 fully saturated rings. The summed E-state index contributed by atoms with van der Waals surface area (Å²) < 4.78 is 0. The lowest BCUT2D eigenvalue weighted by atomic mass is 10.1. The maximum absolute atomic E-state index is 9.66. The van der Waals surface area contributed by atoms with E-state index in [0.29, 0.717) is 5.75 Å². The molecule has 3 N–H and O–H groups in total. The van der Waals surface area contributed by atoms with Crippen molar-refractivity contribution >= 4 is 0 Å². The Kier molecular flexibility index (Phi) is 6.01. The Morgan fingerprint density at radius 2 is 1.71 bits per heavy atom. The van der Waals surface area contributed by atoms with Crippen LogP contribution in [0.15, 0.2) is 12.1 Å². The summed E-state index contributed by atoms with van der Waals surface area (Å²) in [6.45, 7) is 5.94. The molecule has 0 aliphatic carbocycles. The van der Waals surface area contributed by atoms with Gasteiger partial charge >= 0.3 is 0 Å². The average Bonchev–Trinajstić information content (AvgIpc) is 2.30. The van der Waals surface area contributed by atoms with Gasteiger partial charge in [-0.1, -0.05) is 12.1 Å². The van der Waals surface area contributed by atoms with Crippen LogP contribution in [0.4, 0.5) is 0 Å². The van der Waals surface area contributed by atoms with E-state index < -0.39 is 0 Å². The molecule has 0 aliphatic heterocycles. The van der Waals surface area contributed by atoms with Crippen LogP contribution in [0, 0.1) is 13.8 Å². The van der Waals surface area contributed by atoms with Gasteiger partial charge in [-0.05, 0) is 56.3 Å². The van der Waals surface area contributed by atoms with E-state index in [-0.39, 0.29) is 6.61 Å². The van der Waals surface area contributed by atoms with Crippen molar-refractivity contribution in [1.29, 1.82) is 0 Å². The molecule has 1 rings (SSSR count). The van der Waals surface area contributed by atoms with Crippen molar-refractivity contribution in [3.63, 3.8) is 0 Å². The monoisotopic (exact) mass is 237 g/mol. The van der Waals surface area contributed by atoms with Crippen molar-refractivity contribution in [2.75, 3.05) is 13.2 Å². The predicted molar refractivity (Wildman–Crippen MR) is 70.2 cm³/mol. The van der Waals surface area contributed by atoms with Crippen molar-refractivity contribution in [3.05, 3.63) is 28.8 Å². The zero-order valence-electron chi connectivity index (χ0n) is 10.8. The molecule has 96 valence electrons. The second-order valence-electron chi connectivity index (χ2n) is 4.54. The fourth-order valence-corrected chi connectivity index (χ4v) is 1.92. The molecule has 1 aromatic carbocycles. The highest BCUT2D eigenvalue weighted by molar-refractivity contribution is 5.42. The quantitative estimate of drug-likeness (QED) is 0.638. The van der Waals surface area contributed by atoms with Gasteiger partial charge in [0, 0.05) is 13.2 Å². The summed E-state index contributed by atoms with van der Waals surface area (Å²) in [5, 5.41) is 21.7. The molecule has 0 saturated heterocycles. The number of aliphatic hydroxyl groups excluding tert-OH is 1. The highest BCUT2D eigenvalue weighted by Gasteiger charge is 2.02. The summed E-state index contributed by atoms with van der Waals surface area (Å²) in [6, 6.07) is 4.03. The van der Waals surface area contributed by atoms with Crippen LogP contribution in [-0.4, -0.2) is 23.4 Å². The Hall–Kier alpha value is -1.06. The van der Waals surface area contributed by atoms with Gasteiger partial charge in [0.25, 0.3) is 0 Å². The number of benzene rings is 1. The third kappa shape index (κ3) is 4.75. The Labute approximate surface area is 103 Å². The van der Waals surface area contributed by atoms with Crippen LogP contribution in [0.5, 0.6) is 5.75 Å². The number of aromatic hydroxyl groups is 1. The van der Waals surface area contributed by atoms with Crippen molar-refractivity contribution in [2.45, 2.75) is 39.7 Å². The lowest BCUT2D eigenvalue weighted by molar-refractivity contribution is 0.283. The number of rotatable bonds is 7. The minimum absolute atomic E-state index is 0.288. The molecule has 0 heterocycles. The van der Waals surface area contributed by atoms with Crippen molar-refractivity contribution in [3.8, 4) is 5.75 Å². The number of phenolic OH excluding ortho intramolecular Hbond substituents is 1. The minimum Gasteiger partial charge on any atom is -0.507 e. The molecule has 0 saturated carbocycles. The van der Waals surface area contributed by atoms with Crippen LogP contribution in [0.3, 0.4) is 0 Å². The Morgan fingerprint density at radius 1 is 1.06 bits per heavy atom. The largest absolute Gasteiger partial charge is 0.507 e. The standard InChI is InChI=1S/C14H23NO2/c1-11-8-13(9-12(2)14(11)17)10-15-6-4-3-5-7-16/h8-9,15-17H,3-7,10H2,1-2H3. The number of aliphatic hydroxyl groups is 1. The van der Waals surface area contributed by atoms with Gasteiger partial charge in [-0.2, -0.15) is 0 Å². The second kappa shape index (κ2) is 7.30. The molecule has 0 spiro atoms. The molecule has 3 heteroatoms. The summed E-state index contributed by atoms with van der Waals surface area (Å²) >= 11 is 0. The third-order valence-electron chi connectivity index (χ3n) is 2.89. The van der Waals surface area contributed by atoms with Gasteiger partial charge in [0.05, 0.1) is 0 Å². The van der Waals surface area contributed by atoms with Crippen LogP contribution < -0.4 is 5.32 Å². The van der Waals surface area contributed by atoms with Gasteiger partial charge in [-0.15, -0.1) is 0 Å². The molecule has 3 nitrogen and oxygen atoms in total. The fraction of sp³-hybridized carbons (Fsp3) is 0.571. The van der Waals surface area contributed by atoms with Crippen LogP contribution in [0.25, 0.3) is 0 Å². The molecule has 0 aromatic heterocycles. The first-order valence-corrected chi connectivity index (χ1v) is 6.26. The molecule has 0 atom stereocenters. The molecular weight excluding hydrogens is 214 g/mol. The van der Waals surface area contributed by atoms with Crippen LogP contribution in [0.1, 0.15) is 36.0 Å². The van der Waals surface area contributed by atoms with Gasteiger partial charge in [-0.25, -0.2) is 0 Å². The maximum atomic E-state index is 9.66. The predicted octanol–water partition coefficient (Wildman–Crippen LogP) is 2.26. The highest BCUT2D eigenvalue weighted by atomic mass is 16.3. The first kappa shape index (κ1) is 14.0. The van der Waals surface area contributed by atoms with Crippen LogP contribution in [0.2, 0.25) is 0 Å². The number of unbranched alkanes of at least 4 members (excludes halogenated alkanes) is 2. The Balaban J connectivity index is 2.32. The van der Waals surface area contributed by atoms with E-state index in [4.69, 9.17) is 5.11 Å².